The lowest BCUT2D eigenvalue weighted by Gasteiger charge is -2.21. The van der Waals surface area contributed by atoms with Crippen LogP contribution >= 0.6 is 0 Å². The van der Waals surface area contributed by atoms with Crippen LogP contribution in [0.15, 0.2) is 0 Å². The van der Waals surface area contributed by atoms with E-state index in [1.807, 2.05) is 0 Å². The number of rotatable bonds is 39. The van der Waals surface area contributed by atoms with Crippen molar-refractivity contribution in [1.29, 1.82) is 0 Å². The van der Waals surface area contributed by atoms with Gasteiger partial charge >= 0.3 is 35.8 Å². The van der Waals surface area contributed by atoms with E-state index in [1.54, 1.807) is 0 Å². The molecule has 0 radical (unpaired) electrons. The van der Waals surface area contributed by atoms with E-state index in [4.69, 9.17) is 28.4 Å². The van der Waals surface area contributed by atoms with Crippen molar-refractivity contribution in [1.82, 2.24) is 0 Å². The van der Waals surface area contributed by atoms with Crippen LogP contribution < -0.4 is 0 Å². The highest BCUT2D eigenvalue weighted by Gasteiger charge is 2.20. The smallest absolute Gasteiger partial charge is 0.305 e. The van der Waals surface area contributed by atoms with Crippen LogP contribution in [0.3, 0.4) is 0 Å². The number of hydrogen-bond donors (Lipinski definition) is 0. The fourth-order valence-electron chi connectivity index (χ4n) is 7.13. The average Bonchev–Trinajstić information content (AvgIpc) is 3.15. The van der Waals surface area contributed by atoms with Crippen molar-refractivity contribution in [3.8, 4) is 0 Å². The largest absolute Gasteiger partial charge is 0.463 e. The molecule has 0 saturated heterocycles. The summed E-state index contributed by atoms with van der Waals surface area (Å²) < 4.78 is 32.6. The second kappa shape index (κ2) is 38.0. The lowest BCUT2D eigenvalue weighted by molar-refractivity contribution is -0.152. The Balaban J connectivity index is 4.09. The van der Waals surface area contributed by atoms with E-state index in [9.17, 15) is 28.8 Å². The molecular formula is C46H82O12. The number of carbonyl (C=O) groups excluding carboxylic acids is 6. The van der Waals surface area contributed by atoms with Crippen LogP contribution in [0.5, 0.6) is 0 Å². The molecule has 58 heavy (non-hydrogen) atoms. The van der Waals surface area contributed by atoms with E-state index in [0.717, 1.165) is 116 Å². The van der Waals surface area contributed by atoms with E-state index in [-0.39, 0.29) is 73.4 Å². The van der Waals surface area contributed by atoms with Crippen LogP contribution in [0, 0.1) is 0 Å². The maximum absolute atomic E-state index is 12.1. The standard InChI is InChI=1S/C46H82O12/c1-7-9-11-19-25-41(55-37(3)47)31-33-43(57-39(5)49)27-21-15-13-17-23-29-45(51)53-35-36-54-46(52)30-24-18-14-16-22-28-44(58-40(6)50)34-32-42(56-38(4)48)26-20-12-10-8-2/h41-44H,7-36H2,1-6H3. The van der Waals surface area contributed by atoms with Crippen LogP contribution in [-0.4, -0.2) is 73.4 Å². The van der Waals surface area contributed by atoms with E-state index in [2.05, 4.69) is 13.8 Å². The van der Waals surface area contributed by atoms with Gasteiger partial charge < -0.3 is 28.4 Å². The first-order valence-electron chi connectivity index (χ1n) is 22.9. The summed E-state index contributed by atoms with van der Waals surface area (Å²) in [4.78, 5) is 70.8. The lowest BCUT2D eigenvalue weighted by atomic mass is 10.00. The first-order valence-corrected chi connectivity index (χ1v) is 22.9. The molecule has 0 fully saturated rings. The molecule has 338 valence electrons. The Kier molecular flexibility index (Phi) is 36.0. The maximum Gasteiger partial charge on any atom is 0.305 e. The molecule has 0 spiro atoms. The molecule has 0 rings (SSSR count). The molecule has 0 saturated carbocycles. The Bertz CT molecular complexity index is 1010. The second-order valence-corrected chi connectivity index (χ2v) is 15.8. The summed E-state index contributed by atoms with van der Waals surface area (Å²) in [5.74, 6) is -1.76. The molecule has 0 bridgehead atoms. The average molecular weight is 827 g/mol. The van der Waals surface area contributed by atoms with Crippen molar-refractivity contribution in [3.63, 3.8) is 0 Å². The highest BCUT2D eigenvalue weighted by Crippen LogP contribution is 2.21. The van der Waals surface area contributed by atoms with Crippen LogP contribution in [0.25, 0.3) is 0 Å². The quantitative estimate of drug-likeness (QED) is 0.0328. The van der Waals surface area contributed by atoms with Crippen molar-refractivity contribution in [3.05, 3.63) is 0 Å². The van der Waals surface area contributed by atoms with Gasteiger partial charge in [-0.1, -0.05) is 90.9 Å². The molecule has 0 N–H and O–H groups in total. The first-order chi connectivity index (χ1) is 27.9. The van der Waals surface area contributed by atoms with Gasteiger partial charge in [-0.15, -0.1) is 0 Å². The minimum absolute atomic E-state index is 0.0448. The van der Waals surface area contributed by atoms with Gasteiger partial charge in [0.05, 0.1) is 0 Å². The number of ether oxygens (including phenoxy) is 6. The Labute approximate surface area is 351 Å². The molecule has 12 heteroatoms. The van der Waals surface area contributed by atoms with Gasteiger partial charge in [-0.05, 0) is 89.9 Å². The summed E-state index contributed by atoms with van der Waals surface area (Å²) in [5, 5.41) is 0. The second-order valence-electron chi connectivity index (χ2n) is 15.8. The zero-order chi connectivity index (χ0) is 43.2. The number of esters is 6. The van der Waals surface area contributed by atoms with Crippen LogP contribution in [0.4, 0.5) is 0 Å². The molecule has 0 aliphatic heterocycles. The van der Waals surface area contributed by atoms with Crippen molar-refractivity contribution < 1.29 is 57.2 Å². The molecule has 0 aliphatic carbocycles. The van der Waals surface area contributed by atoms with Gasteiger partial charge in [0.25, 0.3) is 0 Å². The number of unbranched alkanes of at least 4 members (excludes halogenated alkanes) is 14. The normalized spacial score (nSPS) is 13.1. The molecule has 4 atom stereocenters. The molecule has 4 unspecified atom stereocenters. The van der Waals surface area contributed by atoms with E-state index < -0.39 is 0 Å². The summed E-state index contributed by atoms with van der Waals surface area (Å²) in [5.41, 5.74) is 0. The highest BCUT2D eigenvalue weighted by molar-refractivity contribution is 5.70. The summed E-state index contributed by atoms with van der Waals surface area (Å²) in [6.07, 6.45) is 23.5. The minimum Gasteiger partial charge on any atom is -0.463 e. The molecular weight excluding hydrogens is 744 g/mol. The molecule has 0 aliphatic rings. The predicted molar refractivity (Wildman–Crippen MR) is 225 cm³/mol. The zero-order valence-corrected chi connectivity index (χ0v) is 37.4. The summed E-state index contributed by atoms with van der Waals surface area (Å²) in [6.45, 7) is 10.1. The Morgan fingerprint density at radius 2 is 0.569 bits per heavy atom. The van der Waals surface area contributed by atoms with E-state index in [1.165, 1.54) is 40.5 Å². The third-order valence-electron chi connectivity index (χ3n) is 10.1. The highest BCUT2D eigenvalue weighted by atomic mass is 16.6. The van der Waals surface area contributed by atoms with Gasteiger partial charge in [-0.2, -0.15) is 0 Å². The third kappa shape index (κ3) is 37.1. The van der Waals surface area contributed by atoms with Gasteiger partial charge in [-0.25, -0.2) is 0 Å². The van der Waals surface area contributed by atoms with E-state index in [0.29, 0.717) is 51.4 Å². The lowest BCUT2D eigenvalue weighted by Crippen LogP contribution is -2.22. The topological polar surface area (TPSA) is 158 Å². The summed E-state index contributed by atoms with van der Waals surface area (Å²) in [7, 11) is 0. The summed E-state index contributed by atoms with van der Waals surface area (Å²) in [6, 6.07) is 0. The Morgan fingerprint density at radius 1 is 0.328 bits per heavy atom. The molecule has 0 aromatic heterocycles. The van der Waals surface area contributed by atoms with Gasteiger partial charge in [0.2, 0.25) is 0 Å². The molecule has 12 nitrogen and oxygen atoms in total. The van der Waals surface area contributed by atoms with Crippen LogP contribution in [-0.2, 0) is 57.2 Å². The van der Waals surface area contributed by atoms with Crippen LogP contribution in [0.1, 0.15) is 221 Å². The Morgan fingerprint density at radius 3 is 0.828 bits per heavy atom. The third-order valence-corrected chi connectivity index (χ3v) is 10.1. The van der Waals surface area contributed by atoms with Crippen molar-refractivity contribution in [2.75, 3.05) is 13.2 Å². The van der Waals surface area contributed by atoms with E-state index >= 15 is 0 Å². The maximum atomic E-state index is 12.1. The fourth-order valence-corrected chi connectivity index (χ4v) is 7.13. The van der Waals surface area contributed by atoms with Gasteiger partial charge in [-0.3, -0.25) is 28.8 Å². The number of hydrogen-bond acceptors (Lipinski definition) is 12. The summed E-state index contributed by atoms with van der Waals surface area (Å²) >= 11 is 0. The van der Waals surface area contributed by atoms with Crippen molar-refractivity contribution >= 4 is 35.8 Å². The van der Waals surface area contributed by atoms with Crippen LogP contribution in [0.2, 0.25) is 0 Å². The monoisotopic (exact) mass is 827 g/mol. The minimum atomic E-state index is -0.301. The molecule has 0 heterocycles. The fraction of sp³-hybridized carbons (Fsp3) is 0.870. The first kappa shape index (κ1) is 54.8. The molecule has 0 amide bonds. The number of carbonyl (C=O) groups is 6. The van der Waals surface area contributed by atoms with Gasteiger partial charge in [0, 0.05) is 40.5 Å². The SMILES string of the molecule is CCCCCCC(CCC(CCCCCCCC(=O)OCCOC(=O)CCCCCCCC(CCC(CCCCCC)OC(C)=O)OC(C)=O)OC(C)=O)OC(C)=O. The molecule has 0 aromatic carbocycles. The molecule has 0 aromatic rings. The predicted octanol–water partition coefficient (Wildman–Crippen LogP) is 10.8. The zero-order valence-electron chi connectivity index (χ0n) is 37.4. The van der Waals surface area contributed by atoms with Gasteiger partial charge in [0.1, 0.15) is 37.6 Å². The Hall–Kier alpha value is -3.18. The van der Waals surface area contributed by atoms with Crippen molar-refractivity contribution in [2.24, 2.45) is 0 Å². The van der Waals surface area contributed by atoms with Gasteiger partial charge in [0.15, 0.2) is 0 Å². The van der Waals surface area contributed by atoms with Crippen molar-refractivity contribution in [2.45, 2.75) is 246 Å².